The molecule has 112 valence electrons. The zero-order chi connectivity index (χ0) is 15.1. The van der Waals surface area contributed by atoms with E-state index in [2.05, 4.69) is 5.32 Å². The average molecular weight is 298 g/mol. The lowest BCUT2D eigenvalue weighted by atomic mass is 10.2. The highest BCUT2D eigenvalue weighted by molar-refractivity contribution is 7.85. The summed E-state index contributed by atoms with van der Waals surface area (Å²) in [4.78, 5) is 11.8. The van der Waals surface area contributed by atoms with Gasteiger partial charge in [-0.05, 0) is 18.6 Å². The SMILES string of the molecule is CCC(C)S(=O)CCC(=O)Nc1ccc(N)cc1OC. The molecule has 0 saturated carbocycles. The molecular formula is C14H22N2O3S. The molecule has 1 aromatic rings. The minimum Gasteiger partial charge on any atom is -0.494 e. The predicted octanol–water partition coefficient (Wildman–Crippen LogP) is 2.15. The number of carbonyl (C=O) groups excluding carboxylic acids is 1. The molecule has 0 bridgehead atoms. The molecule has 2 unspecified atom stereocenters. The van der Waals surface area contributed by atoms with Gasteiger partial charge in [0.15, 0.2) is 0 Å². The van der Waals surface area contributed by atoms with Crippen LogP contribution in [0.4, 0.5) is 11.4 Å². The normalized spacial score (nSPS) is 13.6. The van der Waals surface area contributed by atoms with E-state index in [-0.39, 0.29) is 17.6 Å². The first-order valence-electron chi connectivity index (χ1n) is 6.58. The van der Waals surface area contributed by atoms with Gasteiger partial charge >= 0.3 is 0 Å². The maximum Gasteiger partial charge on any atom is 0.225 e. The van der Waals surface area contributed by atoms with Crippen molar-refractivity contribution in [1.29, 1.82) is 0 Å². The molecule has 1 amide bonds. The largest absolute Gasteiger partial charge is 0.494 e. The molecule has 5 nitrogen and oxygen atoms in total. The molecule has 6 heteroatoms. The number of methoxy groups -OCH3 is 1. The van der Waals surface area contributed by atoms with Gasteiger partial charge in [0, 0.05) is 40.0 Å². The Morgan fingerprint density at radius 2 is 2.20 bits per heavy atom. The van der Waals surface area contributed by atoms with Gasteiger partial charge in [-0.1, -0.05) is 13.8 Å². The molecule has 0 saturated heterocycles. The smallest absolute Gasteiger partial charge is 0.225 e. The molecule has 0 aliphatic rings. The molecule has 0 aliphatic carbocycles. The number of nitrogen functional groups attached to an aromatic ring is 1. The molecule has 3 N–H and O–H groups in total. The first kappa shape index (κ1) is 16.5. The fourth-order valence-electron chi connectivity index (χ4n) is 1.60. The molecule has 0 fully saturated rings. The third-order valence-electron chi connectivity index (χ3n) is 3.05. The summed E-state index contributed by atoms with van der Waals surface area (Å²) >= 11 is 0. The van der Waals surface area contributed by atoms with Crippen molar-refractivity contribution < 1.29 is 13.7 Å². The van der Waals surface area contributed by atoms with Gasteiger partial charge in [0.1, 0.15) is 5.75 Å². The van der Waals surface area contributed by atoms with E-state index in [1.165, 1.54) is 7.11 Å². The fourth-order valence-corrected chi connectivity index (χ4v) is 2.76. The lowest BCUT2D eigenvalue weighted by Crippen LogP contribution is -2.19. The lowest BCUT2D eigenvalue weighted by Gasteiger charge is -2.11. The maximum absolute atomic E-state index is 11.8. The number of benzene rings is 1. The van der Waals surface area contributed by atoms with E-state index in [1.807, 2.05) is 13.8 Å². The summed E-state index contributed by atoms with van der Waals surface area (Å²) in [6.45, 7) is 3.92. The van der Waals surface area contributed by atoms with Crippen LogP contribution in [0.1, 0.15) is 26.7 Å². The number of nitrogens with one attached hydrogen (secondary N) is 1. The second-order valence-electron chi connectivity index (χ2n) is 4.56. The van der Waals surface area contributed by atoms with Crippen LogP contribution < -0.4 is 15.8 Å². The molecule has 0 heterocycles. The quantitative estimate of drug-likeness (QED) is 0.756. The van der Waals surface area contributed by atoms with Crippen molar-refractivity contribution >= 4 is 28.1 Å². The Balaban J connectivity index is 2.57. The number of hydrogen-bond acceptors (Lipinski definition) is 4. The molecule has 0 aromatic heterocycles. The zero-order valence-corrected chi connectivity index (χ0v) is 13.0. The Kier molecular flexibility index (Phi) is 6.51. The highest BCUT2D eigenvalue weighted by Crippen LogP contribution is 2.26. The van der Waals surface area contributed by atoms with Crippen LogP contribution in [0.3, 0.4) is 0 Å². The van der Waals surface area contributed by atoms with Crippen molar-refractivity contribution in [2.45, 2.75) is 31.9 Å². The van der Waals surface area contributed by atoms with Gasteiger partial charge in [-0.15, -0.1) is 0 Å². The van der Waals surface area contributed by atoms with Crippen LogP contribution in [0.5, 0.6) is 5.75 Å². The molecule has 1 rings (SSSR count). The van der Waals surface area contributed by atoms with Crippen molar-refractivity contribution in [2.24, 2.45) is 0 Å². The number of carbonyl (C=O) groups is 1. The molecule has 2 atom stereocenters. The Labute approximate surface area is 122 Å². The molecule has 0 radical (unpaired) electrons. The van der Waals surface area contributed by atoms with E-state index in [9.17, 15) is 9.00 Å². The van der Waals surface area contributed by atoms with E-state index in [1.54, 1.807) is 18.2 Å². The van der Waals surface area contributed by atoms with Crippen LogP contribution >= 0.6 is 0 Å². The number of nitrogens with two attached hydrogens (primary N) is 1. The van der Waals surface area contributed by atoms with Gasteiger partial charge in [0.25, 0.3) is 0 Å². The van der Waals surface area contributed by atoms with Gasteiger partial charge < -0.3 is 15.8 Å². The van der Waals surface area contributed by atoms with E-state index in [0.29, 0.717) is 22.9 Å². The van der Waals surface area contributed by atoms with Crippen LogP contribution in [-0.4, -0.2) is 28.2 Å². The number of ether oxygens (including phenoxy) is 1. The maximum atomic E-state index is 11.8. The first-order chi connectivity index (χ1) is 9.47. The fraction of sp³-hybridized carbons (Fsp3) is 0.500. The summed E-state index contributed by atoms with van der Waals surface area (Å²) in [5.41, 5.74) is 6.79. The minimum atomic E-state index is -0.966. The average Bonchev–Trinajstić information content (AvgIpc) is 2.45. The molecule has 1 aromatic carbocycles. The van der Waals surface area contributed by atoms with Gasteiger partial charge in [0.2, 0.25) is 5.91 Å². The van der Waals surface area contributed by atoms with E-state index < -0.39 is 10.8 Å². The number of hydrogen-bond donors (Lipinski definition) is 2. The predicted molar refractivity (Wildman–Crippen MR) is 83.4 cm³/mol. The van der Waals surface area contributed by atoms with E-state index in [0.717, 1.165) is 6.42 Å². The van der Waals surface area contributed by atoms with E-state index >= 15 is 0 Å². The van der Waals surface area contributed by atoms with Crippen LogP contribution in [-0.2, 0) is 15.6 Å². The van der Waals surface area contributed by atoms with Crippen molar-refractivity contribution in [3.05, 3.63) is 18.2 Å². The zero-order valence-electron chi connectivity index (χ0n) is 12.1. The van der Waals surface area contributed by atoms with Gasteiger partial charge in [-0.25, -0.2) is 0 Å². The Hall–Kier alpha value is -1.56. The molecular weight excluding hydrogens is 276 g/mol. The summed E-state index contributed by atoms with van der Waals surface area (Å²) in [6.07, 6.45) is 1.07. The second-order valence-corrected chi connectivity index (χ2v) is 6.54. The van der Waals surface area contributed by atoms with Gasteiger partial charge in [-0.2, -0.15) is 0 Å². The summed E-state index contributed by atoms with van der Waals surface area (Å²) in [5.74, 6) is 0.712. The minimum absolute atomic E-state index is 0.119. The van der Waals surface area contributed by atoms with Crippen LogP contribution in [0, 0.1) is 0 Å². The summed E-state index contributed by atoms with van der Waals surface area (Å²) in [5, 5.41) is 2.87. The molecule has 0 spiro atoms. The molecule has 20 heavy (non-hydrogen) atoms. The van der Waals surface area contributed by atoms with Crippen molar-refractivity contribution in [2.75, 3.05) is 23.9 Å². The van der Waals surface area contributed by atoms with Gasteiger partial charge in [0.05, 0.1) is 12.8 Å². The molecule has 0 aliphatic heterocycles. The van der Waals surface area contributed by atoms with Gasteiger partial charge in [-0.3, -0.25) is 9.00 Å². The van der Waals surface area contributed by atoms with E-state index in [4.69, 9.17) is 10.5 Å². The Bertz CT molecular complexity index is 491. The third-order valence-corrected chi connectivity index (χ3v) is 4.89. The number of rotatable bonds is 7. The topological polar surface area (TPSA) is 81.4 Å². The van der Waals surface area contributed by atoms with Crippen LogP contribution in [0.25, 0.3) is 0 Å². The van der Waals surface area contributed by atoms with Crippen molar-refractivity contribution in [3.63, 3.8) is 0 Å². The highest BCUT2D eigenvalue weighted by Gasteiger charge is 2.12. The lowest BCUT2D eigenvalue weighted by molar-refractivity contribution is -0.115. The summed E-state index contributed by atoms with van der Waals surface area (Å²) < 4.78 is 16.9. The number of anilines is 2. The number of amides is 1. The first-order valence-corrected chi connectivity index (χ1v) is 7.96. The van der Waals surface area contributed by atoms with Crippen LogP contribution in [0.15, 0.2) is 18.2 Å². The monoisotopic (exact) mass is 298 g/mol. The third kappa shape index (κ3) is 4.85. The van der Waals surface area contributed by atoms with Crippen LogP contribution in [0.2, 0.25) is 0 Å². The Morgan fingerprint density at radius 1 is 1.50 bits per heavy atom. The standard InChI is InChI=1S/C14H22N2O3S/c1-4-10(2)20(18)8-7-14(17)16-12-6-5-11(15)9-13(12)19-3/h5-6,9-10H,4,7-8,15H2,1-3H3,(H,16,17). The van der Waals surface area contributed by atoms with Crippen molar-refractivity contribution in [1.82, 2.24) is 0 Å². The summed E-state index contributed by atoms with van der Waals surface area (Å²) in [6, 6.07) is 5.03. The second kappa shape index (κ2) is 7.89. The highest BCUT2D eigenvalue weighted by atomic mass is 32.2. The Morgan fingerprint density at radius 3 is 2.80 bits per heavy atom. The summed E-state index contributed by atoms with van der Waals surface area (Å²) in [7, 11) is 0.550. The van der Waals surface area contributed by atoms with Crippen molar-refractivity contribution in [3.8, 4) is 5.75 Å².